The highest BCUT2D eigenvalue weighted by Gasteiger charge is 2.36. The van der Waals surface area contributed by atoms with Crippen LogP contribution in [0, 0.1) is 6.92 Å². The van der Waals surface area contributed by atoms with Crippen LogP contribution in [0.3, 0.4) is 0 Å². The van der Waals surface area contributed by atoms with Gasteiger partial charge in [-0.15, -0.1) is 12.6 Å². The van der Waals surface area contributed by atoms with Gasteiger partial charge >= 0.3 is 0 Å². The first kappa shape index (κ1) is 27.9. The Morgan fingerprint density at radius 3 is 1.63 bits per heavy atom. The zero-order valence-corrected chi connectivity index (χ0v) is 25.0. The molecule has 0 fully saturated rings. The lowest BCUT2D eigenvalue weighted by molar-refractivity contribution is 0.596. The van der Waals surface area contributed by atoms with E-state index < -0.39 is 9.52 Å². The Labute approximate surface area is 247 Å². The van der Waals surface area contributed by atoms with E-state index in [1.54, 1.807) is 0 Å². The fourth-order valence-electron chi connectivity index (χ4n) is 5.58. The maximum Gasteiger partial charge on any atom is 0.233 e. The van der Waals surface area contributed by atoms with Crippen molar-refractivity contribution in [3.8, 4) is 0 Å². The summed E-state index contributed by atoms with van der Waals surface area (Å²) in [5, 5.41) is 1.25. The second kappa shape index (κ2) is 13.6. The highest BCUT2D eigenvalue weighted by atomic mass is 28.2. The van der Waals surface area contributed by atoms with Gasteiger partial charge in [0.25, 0.3) is 0 Å². The standard InChI is InChI=1S/C23H22N2Si.C14H13B/c1-19-9-8-14-22(17-19)26-23(25-16-15-24-18-25,20-10-4-2-5-11-20)21-12-6-3-7-13-21;1-2-15(13-9-5-3-6-10-13)14-11-7-4-8-12-14/h2-18H,26H2,1H3;2-12H,1H2. The Morgan fingerprint density at radius 2 is 1.20 bits per heavy atom. The van der Waals surface area contributed by atoms with Crippen molar-refractivity contribution in [1.29, 1.82) is 0 Å². The summed E-state index contributed by atoms with van der Waals surface area (Å²) < 4.78 is 2.30. The molecule has 1 heterocycles. The Morgan fingerprint density at radius 1 is 0.683 bits per heavy atom. The lowest BCUT2D eigenvalue weighted by atomic mass is 9.41. The molecule has 4 heteroatoms. The zero-order valence-electron chi connectivity index (χ0n) is 23.6. The molecule has 0 amide bonds. The largest absolute Gasteiger partial charge is 0.326 e. The molecule has 0 radical (unpaired) electrons. The summed E-state index contributed by atoms with van der Waals surface area (Å²) in [6.45, 7) is 6.38. The molecular formula is C37H35BN2Si. The summed E-state index contributed by atoms with van der Waals surface area (Å²) in [6, 6.07) is 51.5. The van der Waals surface area contributed by atoms with Crippen LogP contribution in [-0.2, 0) is 5.16 Å². The number of rotatable bonds is 8. The van der Waals surface area contributed by atoms with Gasteiger partial charge in [0.2, 0.25) is 6.71 Å². The molecule has 0 aliphatic heterocycles. The molecule has 0 atom stereocenters. The van der Waals surface area contributed by atoms with E-state index in [0.717, 1.165) is 0 Å². The molecule has 41 heavy (non-hydrogen) atoms. The van der Waals surface area contributed by atoms with Crippen LogP contribution < -0.4 is 16.1 Å². The number of benzene rings is 5. The molecular weight excluding hydrogens is 511 g/mol. The first-order chi connectivity index (χ1) is 20.2. The molecule has 0 saturated heterocycles. The number of aryl methyl sites for hydroxylation is 1. The maximum atomic E-state index is 4.38. The molecule has 0 N–H and O–H groups in total. The topological polar surface area (TPSA) is 17.8 Å². The average molecular weight is 547 g/mol. The highest BCUT2D eigenvalue weighted by Crippen LogP contribution is 2.33. The number of nitrogens with zero attached hydrogens (tertiary/aromatic N) is 2. The van der Waals surface area contributed by atoms with Gasteiger partial charge in [-0.3, -0.25) is 0 Å². The molecule has 0 saturated carbocycles. The van der Waals surface area contributed by atoms with Crippen LogP contribution in [0.2, 0.25) is 0 Å². The number of hydrogen-bond acceptors (Lipinski definition) is 1. The van der Waals surface area contributed by atoms with E-state index in [0.29, 0.717) is 6.71 Å². The first-order valence-corrected chi connectivity index (χ1v) is 15.5. The number of aromatic nitrogens is 2. The van der Waals surface area contributed by atoms with Gasteiger partial charge in [-0.05, 0) is 18.1 Å². The summed E-state index contributed by atoms with van der Waals surface area (Å²) >= 11 is 0. The van der Waals surface area contributed by atoms with Gasteiger partial charge in [-0.25, -0.2) is 4.98 Å². The molecule has 0 bridgehead atoms. The number of hydrogen-bond donors (Lipinski definition) is 0. The molecule has 5 aromatic carbocycles. The monoisotopic (exact) mass is 546 g/mol. The van der Waals surface area contributed by atoms with Crippen molar-refractivity contribution in [3.63, 3.8) is 0 Å². The lowest BCUT2D eigenvalue weighted by Crippen LogP contribution is -2.46. The molecule has 0 aliphatic carbocycles. The van der Waals surface area contributed by atoms with Crippen molar-refractivity contribution in [2.45, 2.75) is 12.1 Å². The molecule has 200 valence electrons. The zero-order chi connectivity index (χ0) is 28.3. The molecule has 0 aliphatic rings. The summed E-state index contributed by atoms with van der Waals surface area (Å²) in [4.78, 5) is 4.38. The van der Waals surface area contributed by atoms with Gasteiger partial charge < -0.3 is 4.57 Å². The fourth-order valence-corrected chi connectivity index (χ4v) is 8.09. The lowest BCUT2D eigenvalue weighted by Gasteiger charge is -2.37. The quantitative estimate of drug-likeness (QED) is 0.232. The van der Waals surface area contributed by atoms with Gasteiger partial charge in [-0.1, -0.05) is 167 Å². The van der Waals surface area contributed by atoms with Gasteiger partial charge in [0.15, 0.2) is 0 Å². The van der Waals surface area contributed by atoms with E-state index in [-0.39, 0.29) is 5.16 Å². The van der Waals surface area contributed by atoms with Crippen LogP contribution in [0.25, 0.3) is 0 Å². The third kappa shape index (κ3) is 6.56. The normalized spacial score (nSPS) is 11.0. The predicted octanol–water partition coefficient (Wildman–Crippen LogP) is 5.46. The van der Waals surface area contributed by atoms with Crippen molar-refractivity contribution >= 4 is 32.3 Å². The van der Waals surface area contributed by atoms with Gasteiger partial charge in [0, 0.05) is 12.4 Å². The maximum absolute atomic E-state index is 4.38. The van der Waals surface area contributed by atoms with Crippen LogP contribution in [-0.4, -0.2) is 25.8 Å². The minimum absolute atomic E-state index is 0.202. The Balaban J connectivity index is 0.000000191. The van der Waals surface area contributed by atoms with Crippen LogP contribution in [0.15, 0.2) is 177 Å². The van der Waals surface area contributed by atoms with E-state index in [1.165, 1.54) is 32.8 Å². The van der Waals surface area contributed by atoms with E-state index in [4.69, 9.17) is 0 Å². The average Bonchev–Trinajstić information content (AvgIpc) is 3.58. The summed E-state index contributed by atoms with van der Waals surface area (Å²) in [5.74, 6) is 1.99. The molecule has 6 rings (SSSR count). The van der Waals surface area contributed by atoms with Crippen molar-refractivity contribution in [2.24, 2.45) is 0 Å². The third-order valence-electron chi connectivity index (χ3n) is 7.54. The van der Waals surface area contributed by atoms with Crippen LogP contribution in [0.4, 0.5) is 0 Å². The second-order valence-electron chi connectivity index (χ2n) is 10.3. The van der Waals surface area contributed by atoms with Gasteiger partial charge in [-0.2, -0.15) is 0 Å². The summed E-state index contributed by atoms with van der Waals surface area (Å²) in [5.41, 5.74) is 6.53. The minimum atomic E-state index is -0.768. The Bertz CT molecular complexity index is 1540. The van der Waals surface area contributed by atoms with Gasteiger partial charge in [0.1, 0.15) is 0 Å². The van der Waals surface area contributed by atoms with Gasteiger partial charge in [0.05, 0.1) is 21.0 Å². The van der Waals surface area contributed by atoms with Crippen molar-refractivity contribution in [3.05, 3.63) is 194 Å². The smallest absolute Gasteiger partial charge is 0.233 e. The summed E-state index contributed by atoms with van der Waals surface area (Å²) in [6.07, 6.45) is 5.94. The van der Waals surface area contributed by atoms with Crippen molar-refractivity contribution < 1.29 is 0 Å². The van der Waals surface area contributed by atoms with Crippen molar-refractivity contribution in [2.75, 3.05) is 0 Å². The molecule has 6 aromatic rings. The number of imidazole rings is 1. The Kier molecular flexibility index (Phi) is 9.25. The summed E-state index contributed by atoms with van der Waals surface area (Å²) in [7, 11) is -0.768. The van der Waals surface area contributed by atoms with E-state index in [2.05, 4.69) is 163 Å². The second-order valence-corrected chi connectivity index (χ2v) is 12.5. The van der Waals surface area contributed by atoms with Crippen LogP contribution in [0.1, 0.15) is 16.7 Å². The van der Waals surface area contributed by atoms with Crippen LogP contribution in [0.5, 0.6) is 0 Å². The third-order valence-corrected chi connectivity index (χ3v) is 10.1. The van der Waals surface area contributed by atoms with E-state index >= 15 is 0 Å². The molecule has 0 unspecified atom stereocenters. The van der Waals surface area contributed by atoms with Crippen molar-refractivity contribution in [1.82, 2.24) is 9.55 Å². The fraction of sp³-hybridized carbons (Fsp3) is 0.0541. The molecule has 2 nitrogen and oxygen atoms in total. The Hall–Kier alpha value is -4.67. The van der Waals surface area contributed by atoms with E-state index in [1.807, 2.05) is 30.6 Å². The first-order valence-electron chi connectivity index (χ1n) is 14.1. The highest BCUT2D eigenvalue weighted by molar-refractivity contribution is 6.89. The van der Waals surface area contributed by atoms with Crippen LogP contribution >= 0.6 is 0 Å². The van der Waals surface area contributed by atoms with E-state index in [9.17, 15) is 0 Å². The predicted molar refractivity (Wildman–Crippen MR) is 179 cm³/mol. The molecule has 0 spiro atoms. The SMILES string of the molecule is C=CB(c1ccccc1)c1ccccc1.Cc1cccc([SiH2]C(c2ccccc2)(c2ccccc2)n2ccnc2)c1. The minimum Gasteiger partial charge on any atom is -0.326 e. The molecule has 1 aromatic heterocycles.